The van der Waals surface area contributed by atoms with Crippen molar-refractivity contribution in [2.24, 2.45) is 0 Å². The predicted molar refractivity (Wildman–Crippen MR) is 34.6 cm³/mol. The van der Waals surface area contributed by atoms with E-state index in [-0.39, 0.29) is 0 Å². The third-order valence-corrected chi connectivity index (χ3v) is 0.578. The van der Waals surface area contributed by atoms with Crippen molar-refractivity contribution >= 4 is 0 Å². The second kappa shape index (κ2) is 2.84. The van der Waals surface area contributed by atoms with Crippen molar-refractivity contribution in [2.45, 2.75) is 32.5 Å². The fourth-order valence-electron chi connectivity index (χ4n) is 0.276. The lowest BCUT2D eigenvalue weighted by atomic mass is 10.2. The minimum Gasteiger partial charge on any atom is -0.381 e. The van der Waals surface area contributed by atoms with Gasteiger partial charge >= 0.3 is 0 Å². The van der Waals surface area contributed by atoms with E-state index in [1.165, 1.54) is 20.8 Å². The normalized spacial score (nSPS) is 13.9. The van der Waals surface area contributed by atoms with E-state index in [2.05, 4.69) is 11.8 Å². The van der Waals surface area contributed by atoms with Gasteiger partial charge in [-0.25, -0.2) is 4.39 Å². The Hall–Kier alpha value is -0.550. The zero-order chi connectivity index (χ0) is 7.49. The first-order valence-electron chi connectivity index (χ1n) is 2.81. The summed E-state index contributed by atoms with van der Waals surface area (Å²) in [5, 5.41) is 8.58. The van der Waals surface area contributed by atoms with Crippen molar-refractivity contribution in [3.05, 3.63) is 0 Å². The van der Waals surface area contributed by atoms with Gasteiger partial charge in [-0.3, -0.25) is 0 Å². The average molecular weight is 130 g/mol. The highest BCUT2D eigenvalue weighted by Crippen LogP contribution is 2.04. The van der Waals surface area contributed by atoms with Gasteiger partial charge in [0.25, 0.3) is 0 Å². The number of aliphatic hydroxyl groups is 1. The Kier molecular flexibility index (Phi) is 2.66. The van der Waals surface area contributed by atoms with Gasteiger partial charge in [0, 0.05) is 0 Å². The monoisotopic (exact) mass is 130 g/mol. The first-order chi connectivity index (χ1) is 3.92. The molecule has 0 saturated heterocycles. The Morgan fingerprint density at radius 3 is 2.11 bits per heavy atom. The lowest BCUT2D eigenvalue weighted by molar-refractivity contribution is 0.250. The van der Waals surface area contributed by atoms with E-state index in [0.29, 0.717) is 0 Å². The summed E-state index contributed by atoms with van der Waals surface area (Å²) < 4.78 is 12.5. The van der Waals surface area contributed by atoms with Gasteiger partial charge < -0.3 is 5.11 Å². The molecule has 9 heavy (non-hydrogen) atoms. The van der Waals surface area contributed by atoms with Crippen LogP contribution in [-0.2, 0) is 0 Å². The lowest BCUT2D eigenvalue weighted by Crippen LogP contribution is -2.08. The van der Waals surface area contributed by atoms with E-state index in [1.54, 1.807) is 0 Å². The number of rotatable bonds is 0. The van der Waals surface area contributed by atoms with E-state index < -0.39 is 11.8 Å². The number of aliphatic hydroxyl groups excluding tert-OH is 1. The average Bonchev–Trinajstić information content (AvgIpc) is 1.59. The maximum absolute atomic E-state index is 12.5. The van der Waals surface area contributed by atoms with Gasteiger partial charge in [-0.15, -0.1) is 0 Å². The third-order valence-electron chi connectivity index (χ3n) is 0.578. The Balaban J connectivity index is 3.88. The van der Waals surface area contributed by atoms with Crippen LogP contribution < -0.4 is 0 Å². The predicted octanol–water partition coefficient (Wildman–Crippen LogP) is 1.12. The summed E-state index contributed by atoms with van der Waals surface area (Å²) in [5.41, 5.74) is -1.49. The zero-order valence-corrected chi connectivity index (χ0v) is 5.90. The summed E-state index contributed by atoms with van der Waals surface area (Å²) in [5.74, 6) is 4.57. The molecule has 0 radical (unpaired) electrons. The lowest BCUT2D eigenvalue weighted by Gasteiger charge is -2.02. The van der Waals surface area contributed by atoms with E-state index in [1.807, 2.05) is 0 Å². The molecule has 0 saturated carbocycles. The minimum absolute atomic E-state index is 0.736. The molecule has 1 nitrogen and oxygen atoms in total. The molecule has 0 aromatic heterocycles. The van der Waals surface area contributed by atoms with Crippen molar-refractivity contribution in [1.82, 2.24) is 0 Å². The fourth-order valence-corrected chi connectivity index (χ4v) is 0.276. The van der Waals surface area contributed by atoms with Crippen molar-refractivity contribution in [3.8, 4) is 11.8 Å². The Labute approximate surface area is 54.9 Å². The minimum atomic E-state index is -1.49. The van der Waals surface area contributed by atoms with Crippen LogP contribution in [0.15, 0.2) is 0 Å². The quantitative estimate of drug-likeness (QED) is 0.487. The van der Waals surface area contributed by atoms with Gasteiger partial charge in [-0.1, -0.05) is 11.8 Å². The van der Waals surface area contributed by atoms with Gasteiger partial charge in [0.2, 0.25) is 0 Å². The van der Waals surface area contributed by atoms with E-state index in [4.69, 9.17) is 5.11 Å². The molecule has 0 aromatic rings. The molecule has 0 spiro atoms. The molecule has 0 aromatic carbocycles. The summed E-state index contributed by atoms with van der Waals surface area (Å²) >= 11 is 0. The standard InChI is InChI=1S/C7H11FO/c1-6(9)4-5-7(2,3)8/h6,9H,1-3H3. The van der Waals surface area contributed by atoms with Crippen LogP contribution in [0.4, 0.5) is 4.39 Å². The highest BCUT2D eigenvalue weighted by atomic mass is 19.1. The van der Waals surface area contributed by atoms with Crippen LogP contribution >= 0.6 is 0 Å². The molecule has 1 atom stereocenters. The highest BCUT2D eigenvalue weighted by molar-refractivity contribution is 5.12. The summed E-state index contributed by atoms with van der Waals surface area (Å²) in [7, 11) is 0. The van der Waals surface area contributed by atoms with Crippen molar-refractivity contribution < 1.29 is 9.50 Å². The number of halogens is 1. The van der Waals surface area contributed by atoms with Crippen molar-refractivity contribution in [2.75, 3.05) is 0 Å². The summed E-state index contributed by atoms with van der Waals surface area (Å²) in [6.07, 6.45) is -0.736. The maximum Gasteiger partial charge on any atom is 0.165 e. The molecule has 52 valence electrons. The second-order valence-corrected chi connectivity index (χ2v) is 2.42. The van der Waals surface area contributed by atoms with Crippen molar-refractivity contribution in [1.29, 1.82) is 0 Å². The first-order valence-corrected chi connectivity index (χ1v) is 2.81. The van der Waals surface area contributed by atoms with Gasteiger partial charge in [-0.2, -0.15) is 0 Å². The smallest absolute Gasteiger partial charge is 0.165 e. The summed E-state index contributed by atoms with van der Waals surface area (Å²) in [4.78, 5) is 0. The topological polar surface area (TPSA) is 20.2 Å². The van der Waals surface area contributed by atoms with Crippen LogP contribution in [0, 0.1) is 11.8 Å². The third kappa shape index (κ3) is 7.45. The van der Waals surface area contributed by atoms with E-state index >= 15 is 0 Å². The van der Waals surface area contributed by atoms with Crippen LogP contribution in [0.25, 0.3) is 0 Å². The molecule has 0 rings (SSSR count). The molecular weight excluding hydrogens is 119 g/mol. The van der Waals surface area contributed by atoms with Crippen LogP contribution in [0.2, 0.25) is 0 Å². The SMILES string of the molecule is CC(O)C#CC(C)(C)F. The summed E-state index contributed by atoms with van der Waals surface area (Å²) in [6.45, 7) is 4.20. The fraction of sp³-hybridized carbons (Fsp3) is 0.714. The molecular formula is C7H11FO. The molecule has 1 unspecified atom stereocenters. The van der Waals surface area contributed by atoms with E-state index in [0.717, 1.165) is 0 Å². The number of alkyl halides is 1. The number of hydrogen-bond donors (Lipinski definition) is 1. The first kappa shape index (κ1) is 8.45. The molecule has 0 amide bonds. The molecule has 1 N–H and O–H groups in total. The molecule has 0 aliphatic rings. The van der Waals surface area contributed by atoms with E-state index in [9.17, 15) is 4.39 Å². The second-order valence-electron chi connectivity index (χ2n) is 2.42. The van der Waals surface area contributed by atoms with Gasteiger partial charge in [0.05, 0.1) is 0 Å². The molecule has 0 aliphatic heterocycles. The molecule has 0 fully saturated rings. The van der Waals surface area contributed by atoms with Crippen molar-refractivity contribution in [3.63, 3.8) is 0 Å². The van der Waals surface area contributed by atoms with Gasteiger partial charge in [0.15, 0.2) is 5.67 Å². The molecule has 2 heteroatoms. The number of hydrogen-bond acceptors (Lipinski definition) is 1. The van der Waals surface area contributed by atoms with Crippen LogP contribution in [0.1, 0.15) is 20.8 Å². The highest BCUT2D eigenvalue weighted by Gasteiger charge is 2.09. The molecule has 0 aliphatic carbocycles. The largest absolute Gasteiger partial charge is 0.381 e. The van der Waals surface area contributed by atoms with Crippen LogP contribution in [-0.4, -0.2) is 16.9 Å². The van der Waals surface area contributed by atoms with Crippen LogP contribution in [0.5, 0.6) is 0 Å². The van der Waals surface area contributed by atoms with Crippen LogP contribution in [0.3, 0.4) is 0 Å². The van der Waals surface area contributed by atoms with Gasteiger partial charge in [0.1, 0.15) is 6.10 Å². The molecule has 0 bridgehead atoms. The molecule has 0 heterocycles. The Morgan fingerprint density at radius 2 is 2.00 bits per heavy atom. The Bertz CT molecular complexity index is 133. The maximum atomic E-state index is 12.5. The zero-order valence-electron chi connectivity index (χ0n) is 5.90. The Morgan fingerprint density at radius 1 is 1.56 bits per heavy atom. The van der Waals surface area contributed by atoms with Gasteiger partial charge in [-0.05, 0) is 20.8 Å². The summed E-state index contributed by atoms with van der Waals surface area (Å²) in [6, 6.07) is 0.